The zero-order valence-electron chi connectivity index (χ0n) is 17.3. The summed E-state index contributed by atoms with van der Waals surface area (Å²) in [6.45, 7) is 9.79. The molecular formula is C20H31N3O5. The van der Waals surface area contributed by atoms with Gasteiger partial charge < -0.3 is 14.5 Å². The third kappa shape index (κ3) is 6.15. The van der Waals surface area contributed by atoms with Crippen LogP contribution < -0.4 is 0 Å². The van der Waals surface area contributed by atoms with E-state index in [1.807, 2.05) is 25.7 Å². The molecule has 8 nitrogen and oxygen atoms in total. The van der Waals surface area contributed by atoms with E-state index in [-0.39, 0.29) is 49.2 Å². The zero-order valence-corrected chi connectivity index (χ0v) is 17.3. The summed E-state index contributed by atoms with van der Waals surface area (Å²) in [6.07, 6.45) is 3.56. The number of nitrogens with zero attached hydrogens (tertiary/aromatic N) is 3. The number of piperazine rings is 1. The number of Topliss-reactive ketones (excluding diaryl/α,β-unsaturated/α-hetero) is 1. The number of rotatable bonds is 7. The highest BCUT2D eigenvalue weighted by atomic mass is 16.5. The summed E-state index contributed by atoms with van der Waals surface area (Å²) in [5.41, 5.74) is -0.449. The fourth-order valence-electron chi connectivity index (χ4n) is 3.19. The molecule has 0 aliphatic carbocycles. The van der Waals surface area contributed by atoms with Gasteiger partial charge in [-0.25, -0.2) is 0 Å². The number of ether oxygens (including phenoxy) is 1. The minimum atomic E-state index is -0.449. The Bertz CT molecular complexity index is 653. The molecule has 1 saturated heterocycles. The molecule has 8 heteroatoms. The summed E-state index contributed by atoms with van der Waals surface area (Å²) >= 11 is 0. The van der Waals surface area contributed by atoms with E-state index in [4.69, 9.17) is 4.74 Å². The van der Waals surface area contributed by atoms with Crippen LogP contribution in [-0.2, 0) is 23.9 Å². The normalized spacial score (nSPS) is 20.6. The number of amides is 2. The van der Waals surface area contributed by atoms with E-state index in [0.29, 0.717) is 32.7 Å². The molecule has 156 valence electrons. The van der Waals surface area contributed by atoms with Crippen LogP contribution in [0.1, 0.15) is 34.1 Å². The first-order valence-corrected chi connectivity index (χ1v) is 9.72. The standard InChI is InChI=1S/C20H31N3O5/c1-15(24)28-14-16-12-23(11-10-22(16)13-17(25)20(2,3)4)19(27)7-9-21-8-5-6-18(21)26/h5-6,16H,7-14H2,1-4H3. The Hall–Kier alpha value is -2.22. The Morgan fingerprint density at radius 3 is 2.50 bits per heavy atom. The maximum atomic E-state index is 12.6. The number of carbonyl (C=O) groups excluding carboxylic acids is 4. The molecule has 0 N–H and O–H groups in total. The monoisotopic (exact) mass is 393 g/mol. The average Bonchev–Trinajstić information content (AvgIpc) is 3.02. The summed E-state index contributed by atoms with van der Waals surface area (Å²) in [7, 11) is 0. The highest BCUT2D eigenvalue weighted by Crippen LogP contribution is 2.19. The molecule has 0 aromatic rings. The van der Waals surface area contributed by atoms with E-state index in [2.05, 4.69) is 0 Å². The second-order valence-corrected chi connectivity index (χ2v) is 8.38. The van der Waals surface area contributed by atoms with Gasteiger partial charge in [0.25, 0.3) is 0 Å². The number of esters is 1. The molecule has 0 radical (unpaired) electrons. The summed E-state index contributed by atoms with van der Waals surface area (Å²) < 4.78 is 5.17. The van der Waals surface area contributed by atoms with Crippen molar-refractivity contribution < 1.29 is 23.9 Å². The Morgan fingerprint density at radius 1 is 1.21 bits per heavy atom. The lowest BCUT2D eigenvalue weighted by Gasteiger charge is -2.41. The largest absolute Gasteiger partial charge is 0.464 e. The van der Waals surface area contributed by atoms with Gasteiger partial charge in [0.15, 0.2) is 5.78 Å². The summed E-state index contributed by atoms with van der Waals surface area (Å²) in [5, 5.41) is 0. The van der Waals surface area contributed by atoms with Gasteiger partial charge in [-0.2, -0.15) is 0 Å². The van der Waals surface area contributed by atoms with Crippen LogP contribution in [0.4, 0.5) is 0 Å². The highest BCUT2D eigenvalue weighted by molar-refractivity contribution is 5.90. The van der Waals surface area contributed by atoms with Gasteiger partial charge in [0.05, 0.1) is 12.6 Å². The van der Waals surface area contributed by atoms with E-state index in [1.54, 1.807) is 15.9 Å². The summed E-state index contributed by atoms with van der Waals surface area (Å²) in [6, 6.07) is -0.219. The Morgan fingerprint density at radius 2 is 1.93 bits per heavy atom. The third-order valence-electron chi connectivity index (χ3n) is 5.11. The number of hydrogen-bond donors (Lipinski definition) is 0. The van der Waals surface area contributed by atoms with Crippen LogP contribution >= 0.6 is 0 Å². The second kappa shape index (κ2) is 9.32. The second-order valence-electron chi connectivity index (χ2n) is 8.38. The van der Waals surface area contributed by atoms with Gasteiger partial charge in [-0.1, -0.05) is 26.8 Å². The third-order valence-corrected chi connectivity index (χ3v) is 5.11. The first-order valence-electron chi connectivity index (χ1n) is 9.72. The SMILES string of the molecule is CC(=O)OCC1CN(C(=O)CCN2CC=CC2=O)CCN1CC(=O)C(C)(C)C. The molecule has 2 amide bonds. The molecule has 28 heavy (non-hydrogen) atoms. The van der Waals surface area contributed by atoms with Crippen LogP contribution in [0.3, 0.4) is 0 Å². The maximum absolute atomic E-state index is 12.6. The topological polar surface area (TPSA) is 87.2 Å². The van der Waals surface area contributed by atoms with Gasteiger partial charge in [0, 0.05) is 57.6 Å². The first kappa shape index (κ1) is 22.1. The highest BCUT2D eigenvalue weighted by Gasteiger charge is 2.33. The average molecular weight is 393 g/mol. The van der Waals surface area contributed by atoms with Crippen molar-refractivity contribution in [3.05, 3.63) is 12.2 Å². The van der Waals surface area contributed by atoms with Crippen LogP contribution in [-0.4, -0.2) is 90.2 Å². The summed E-state index contributed by atoms with van der Waals surface area (Å²) in [5.74, 6) is -0.369. The van der Waals surface area contributed by atoms with Crippen LogP contribution in [0.15, 0.2) is 12.2 Å². The first-order chi connectivity index (χ1) is 13.1. The maximum Gasteiger partial charge on any atom is 0.302 e. The molecule has 1 atom stereocenters. The van der Waals surface area contributed by atoms with Crippen molar-refractivity contribution in [2.75, 3.05) is 45.9 Å². The molecule has 0 aromatic carbocycles. The number of carbonyl (C=O) groups is 4. The van der Waals surface area contributed by atoms with Crippen LogP contribution in [0.25, 0.3) is 0 Å². The molecule has 2 heterocycles. The van der Waals surface area contributed by atoms with Gasteiger partial charge in [-0.05, 0) is 0 Å². The van der Waals surface area contributed by atoms with Crippen molar-refractivity contribution in [3.8, 4) is 0 Å². The van der Waals surface area contributed by atoms with Gasteiger partial charge >= 0.3 is 5.97 Å². The molecule has 0 aromatic heterocycles. The smallest absolute Gasteiger partial charge is 0.302 e. The lowest BCUT2D eigenvalue weighted by Crippen LogP contribution is -2.58. The lowest BCUT2D eigenvalue weighted by molar-refractivity contribution is -0.145. The van der Waals surface area contributed by atoms with E-state index in [0.717, 1.165) is 0 Å². The van der Waals surface area contributed by atoms with Gasteiger partial charge in [-0.15, -0.1) is 0 Å². The van der Waals surface area contributed by atoms with Crippen molar-refractivity contribution in [3.63, 3.8) is 0 Å². The number of hydrogen-bond acceptors (Lipinski definition) is 6. The minimum absolute atomic E-state index is 0.0330. The van der Waals surface area contributed by atoms with E-state index in [1.165, 1.54) is 13.0 Å². The van der Waals surface area contributed by atoms with E-state index < -0.39 is 5.41 Å². The van der Waals surface area contributed by atoms with Crippen molar-refractivity contribution >= 4 is 23.6 Å². The van der Waals surface area contributed by atoms with Gasteiger partial charge in [0.2, 0.25) is 11.8 Å². The fraction of sp³-hybridized carbons (Fsp3) is 0.700. The van der Waals surface area contributed by atoms with E-state index >= 15 is 0 Å². The van der Waals surface area contributed by atoms with Crippen molar-refractivity contribution in [1.82, 2.24) is 14.7 Å². The molecule has 0 bridgehead atoms. The lowest BCUT2D eigenvalue weighted by atomic mass is 9.90. The molecule has 2 rings (SSSR count). The van der Waals surface area contributed by atoms with Crippen LogP contribution in [0.2, 0.25) is 0 Å². The molecule has 1 fully saturated rings. The Labute approximate surface area is 166 Å². The quantitative estimate of drug-likeness (QED) is 0.584. The van der Waals surface area contributed by atoms with Crippen LogP contribution in [0, 0.1) is 5.41 Å². The molecule has 0 saturated carbocycles. The molecule has 2 aliphatic heterocycles. The molecular weight excluding hydrogens is 362 g/mol. The molecule has 0 spiro atoms. The van der Waals surface area contributed by atoms with E-state index in [9.17, 15) is 19.2 Å². The Balaban J connectivity index is 1.94. The van der Waals surface area contributed by atoms with Gasteiger partial charge in [-0.3, -0.25) is 24.1 Å². The van der Waals surface area contributed by atoms with Crippen molar-refractivity contribution in [2.24, 2.45) is 5.41 Å². The Kier molecular flexibility index (Phi) is 7.35. The number of ketones is 1. The van der Waals surface area contributed by atoms with Crippen molar-refractivity contribution in [2.45, 2.75) is 40.2 Å². The molecule has 1 unspecified atom stereocenters. The predicted molar refractivity (Wildman–Crippen MR) is 103 cm³/mol. The zero-order chi connectivity index (χ0) is 20.9. The van der Waals surface area contributed by atoms with Crippen LogP contribution in [0.5, 0.6) is 0 Å². The predicted octanol–water partition coefficient (Wildman–Crippen LogP) is 0.466. The summed E-state index contributed by atoms with van der Waals surface area (Å²) in [4.78, 5) is 53.3. The fourth-order valence-corrected chi connectivity index (χ4v) is 3.19. The molecule has 2 aliphatic rings. The van der Waals surface area contributed by atoms with Crippen molar-refractivity contribution in [1.29, 1.82) is 0 Å². The van der Waals surface area contributed by atoms with Gasteiger partial charge in [0.1, 0.15) is 6.61 Å². The minimum Gasteiger partial charge on any atom is -0.464 e.